The summed E-state index contributed by atoms with van der Waals surface area (Å²) in [6, 6.07) is 0.207. The van der Waals surface area contributed by atoms with Gasteiger partial charge in [-0.15, -0.1) is 0 Å². The summed E-state index contributed by atoms with van der Waals surface area (Å²) in [6.07, 6.45) is 2.72. The van der Waals surface area contributed by atoms with Gasteiger partial charge in [0.05, 0.1) is 12.0 Å². The summed E-state index contributed by atoms with van der Waals surface area (Å²) >= 11 is 2.23. The molecule has 0 saturated heterocycles. The van der Waals surface area contributed by atoms with E-state index >= 15 is 0 Å². The molecule has 0 amide bonds. The van der Waals surface area contributed by atoms with E-state index < -0.39 is 0 Å². The Hall–Kier alpha value is -0.100. The van der Waals surface area contributed by atoms with Crippen molar-refractivity contribution in [1.29, 1.82) is 0 Å². The largest absolute Gasteiger partial charge is 0.337 e. The minimum atomic E-state index is 0.207. The lowest BCUT2D eigenvalue weighted by molar-refractivity contribution is 0.687. The summed E-state index contributed by atoms with van der Waals surface area (Å²) in [5.41, 5.74) is 6.90. The minimum Gasteiger partial charge on any atom is -0.337 e. The highest BCUT2D eigenvalue weighted by molar-refractivity contribution is 14.1. The van der Waals surface area contributed by atoms with Crippen LogP contribution in [0, 0.1) is 3.70 Å². The van der Waals surface area contributed by atoms with Gasteiger partial charge in [-0.1, -0.05) is 0 Å². The molecule has 0 bridgehead atoms. The molecule has 0 aliphatic heterocycles. The predicted molar refractivity (Wildman–Crippen MR) is 53.3 cm³/mol. The van der Waals surface area contributed by atoms with Gasteiger partial charge in [0.1, 0.15) is 3.70 Å². The highest BCUT2D eigenvalue weighted by atomic mass is 127. The van der Waals surface area contributed by atoms with Gasteiger partial charge >= 0.3 is 0 Å². The summed E-state index contributed by atoms with van der Waals surface area (Å²) in [4.78, 5) is 4.16. The third-order valence-corrected chi connectivity index (χ3v) is 2.42. The molecule has 0 radical (unpaired) electrons. The second-order valence-electron chi connectivity index (χ2n) is 2.77. The number of hydrogen-bond acceptors (Lipinski definition) is 2. The highest BCUT2D eigenvalue weighted by Crippen LogP contribution is 2.10. The summed E-state index contributed by atoms with van der Waals surface area (Å²) in [5, 5.41) is 0. The molecular weight excluding hydrogens is 253 g/mol. The van der Waals surface area contributed by atoms with Crippen molar-refractivity contribution in [2.24, 2.45) is 12.8 Å². The first-order chi connectivity index (χ1) is 5.11. The molecule has 0 aliphatic carbocycles. The number of aryl methyl sites for hydroxylation is 1. The highest BCUT2D eigenvalue weighted by Gasteiger charge is 2.07. The molecule has 4 heteroatoms. The molecule has 0 fully saturated rings. The molecule has 1 heterocycles. The van der Waals surface area contributed by atoms with Gasteiger partial charge < -0.3 is 10.3 Å². The van der Waals surface area contributed by atoms with Crippen molar-refractivity contribution < 1.29 is 0 Å². The molecule has 3 nitrogen and oxygen atoms in total. The number of nitrogens with zero attached hydrogens (tertiary/aromatic N) is 2. The van der Waals surface area contributed by atoms with Crippen LogP contribution in [0.3, 0.4) is 0 Å². The second-order valence-corrected chi connectivity index (χ2v) is 3.80. The molecule has 0 spiro atoms. The zero-order chi connectivity index (χ0) is 8.43. The van der Waals surface area contributed by atoms with Crippen molar-refractivity contribution in [3.05, 3.63) is 15.7 Å². The van der Waals surface area contributed by atoms with E-state index in [1.807, 2.05) is 24.9 Å². The number of halogens is 1. The molecule has 11 heavy (non-hydrogen) atoms. The monoisotopic (exact) mass is 265 g/mol. The maximum absolute atomic E-state index is 5.68. The van der Waals surface area contributed by atoms with Crippen LogP contribution in [0.4, 0.5) is 0 Å². The van der Waals surface area contributed by atoms with Crippen molar-refractivity contribution in [3.8, 4) is 0 Å². The standard InChI is InChI=1S/C7H12IN3/c1-5(9)3-6-7(8)10-4-11(6)2/h4-5H,3,9H2,1-2H3. The van der Waals surface area contributed by atoms with Gasteiger partial charge in [-0.05, 0) is 29.5 Å². The van der Waals surface area contributed by atoms with Crippen LogP contribution in [-0.4, -0.2) is 15.6 Å². The minimum absolute atomic E-state index is 0.207. The molecule has 1 atom stereocenters. The maximum Gasteiger partial charge on any atom is 0.122 e. The molecule has 1 rings (SSSR count). The lowest BCUT2D eigenvalue weighted by Gasteiger charge is -2.05. The predicted octanol–water partition coefficient (Wildman–Crippen LogP) is 0.914. The number of aromatic nitrogens is 2. The van der Waals surface area contributed by atoms with Crippen LogP contribution in [0.5, 0.6) is 0 Å². The van der Waals surface area contributed by atoms with Gasteiger partial charge in [0.15, 0.2) is 0 Å². The van der Waals surface area contributed by atoms with E-state index in [4.69, 9.17) is 5.73 Å². The zero-order valence-electron chi connectivity index (χ0n) is 6.71. The zero-order valence-corrected chi connectivity index (χ0v) is 8.87. The average molecular weight is 265 g/mol. The summed E-state index contributed by atoms with van der Waals surface area (Å²) < 4.78 is 3.08. The van der Waals surface area contributed by atoms with E-state index in [1.165, 1.54) is 5.69 Å². The van der Waals surface area contributed by atoms with Crippen LogP contribution < -0.4 is 5.73 Å². The van der Waals surface area contributed by atoms with Gasteiger partial charge in [0.2, 0.25) is 0 Å². The first-order valence-electron chi connectivity index (χ1n) is 3.52. The van der Waals surface area contributed by atoms with Gasteiger partial charge in [0.25, 0.3) is 0 Å². The molecule has 1 aromatic rings. The first kappa shape index (κ1) is 8.99. The normalized spacial score (nSPS) is 13.5. The van der Waals surface area contributed by atoms with Gasteiger partial charge in [-0.3, -0.25) is 0 Å². The van der Waals surface area contributed by atoms with Crippen LogP contribution in [0.15, 0.2) is 6.33 Å². The van der Waals surface area contributed by atoms with Crippen molar-refractivity contribution in [3.63, 3.8) is 0 Å². The Morgan fingerprint density at radius 2 is 2.45 bits per heavy atom. The van der Waals surface area contributed by atoms with E-state index in [0.717, 1.165) is 10.1 Å². The Labute approximate surface area is 80.1 Å². The Morgan fingerprint density at radius 1 is 1.82 bits per heavy atom. The van der Waals surface area contributed by atoms with Gasteiger partial charge in [0, 0.05) is 19.5 Å². The second kappa shape index (κ2) is 3.53. The van der Waals surface area contributed by atoms with Crippen molar-refractivity contribution in [2.45, 2.75) is 19.4 Å². The summed E-state index contributed by atoms with van der Waals surface area (Å²) in [7, 11) is 1.99. The maximum atomic E-state index is 5.68. The molecular formula is C7H12IN3. The number of hydrogen-bond donors (Lipinski definition) is 1. The molecule has 62 valence electrons. The van der Waals surface area contributed by atoms with Gasteiger partial charge in [-0.25, -0.2) is 4.98 Å². The smallest absolute Gasteiger partial charge is 0.122 e. The Kier molecular flexibility index (Phi) is 2.89. The Bertz CT molecular complexity index is 222. The lowest BCUT2D eigenvalue weighted by Crippen LogP contribution is -2.19. The van der Waals surface area contributed by atoms with E-state index in [2.05, 4.69) is 27.6 Å². The van der Waals surface area contributed by atoms with Crippen molar-refractivity contribution >= 4 is 22.6 Å². The average Bonchev–Trinajstić information content (AvgIpc) is 2.18. The summed E-state index contributed by atoms with van der Waals surface area (Å²) in [6.45, 7) is 2.00. The van der Waals surface area contributed by atoms with E-state index in [-0.39, 0.29) is 6.04 Å². The van der Waals surface area contributed by atoms with Crippen LogP contribution >= 0.6 is 22.6 Å². The fourth-order valence-electron chi connectivity index (χ4n) is 0.960. The van der Waals surface area contributed by atoms with Crippen molar-refractivity contribution in [2.75, 3.05) is 0 Å². The molecule has 1 aromatic heterocycles. The molecule has 1 unspecified atom stereocenters. The molecule has 2 N–H and O–H groups in total. The number of rotatable bonds is 2. The molecule has 0 aromatic carbocycles. The van der Waals surface area contributed by atoms with Gasteiger partial charge in [-0.2, -0.15) is 0 Å². The van der Waals surface area contributed by atoms with Crippen molar-refractivity contribution in [1.82, 2.24) is 9.55 Å². The lowest BCUT2D eigenvalue weighted by atomic mass is 10.2. The Balaban J connectivity index is 2.83. The van der Waals surface area contributed by atoms with E-state index in [9.17, 15) is 0 Å². The Morgan fingerprint density at radius 3 is 2.82 bits per heavy atom. The summed E-state index contributed by atoms with van der Waals surface area (Å²) in [5.74, 6) is 0. The fourth-order valence-corrected chi connectivity index (χ4v) is 1.69. The number of imidazole rings is 1. The van der Waals surface area contributed by atoms with Crippen LogP contribution in [0.25, 0.3) is 0 Å². The van der Waals surface area contributed by atoms with Crippen LogP contribution in [0.2, 0.25) is 0 Å². The first-order valence-corrected chi connectivity index (χ1v) is 4.60. The number of nitrogens with two attached hydrogens (primary N) is 1. The topological polar surface area (TPSA) is 43.8 Å². The van der Waals surface area contributed by atoms with E-state index in [1.54, 1.807) is 0 Å². The SMILES string of the molecule is CC(N)Cc1c(I)ncn1C. The van der Waals surface area contributed by atoms with E-state index in [0.29, 0.717) is 0 Å². The van der Waals surface area contributed by atoms with Crippen LogP contribution in [-0.2, 0) is 13.5 Å². The fraction of sp³-hybridized carbons (Fsp3) is 0.571. The quantitative estimate of drug-likeness (QED) is 0.808. The third kappa shape index (κ3) is 2.16. The molecule has 0 aliphatic rings. The van der Waals surface area contributed by atoms with Crippen LogP contribution in [0.1, 0.15) is 12.6 Å². The molecule has 0 saturated carbocycles. The third-order valence-electron chi connectivity index (χ3n) is 1.52.